The number of rotatable bonds is 8. The number of quaternary nitrogens is 1. The van der Waals surface area contributed by atoms with E-state index >= 15 is 0 Å². The summed E-state index contributed by atoms with van der Waals surface area (Å²) < 4.78 is 0. The zero-order chi connectivity index (χ0) is 19.8. The molecule has 0 unspecified atom stereocenters. The Balaban J connectivity index is 1.33. The van der Waals surface area contributed by atoms with Crippen LogP contribution >= 0.6 is 11.3 Å². The fraction of sp³-hybridized carbons (Fsp3) is 0.500. The third kappa shape index (κ3) is 6.10. The quantitative estimate of drug-likeness (QED) is 0.684. The van der Waals surface area contributed by atoms with E-state index in [1.165, 1.54) is 21.8 Å². The minimum Gasteiger partial charge on any atom is -0.332 e. The van der Waals surface area contributed by atoms with Gasteiger partial charge in [-0.05, 0) is 12.0 Å². The molecule has 150 valence electrons. The summed E-state index contributed by atoms with van der Waals surface area (Å²) in [6, 6.07) is 10.5. The van der Waals surface area contributed by atoms with Crippen molar-refractivity contribution in [1.29, 1.82) is 0 Å². The summed E-state index contributed by atoms with van der Waals surface area (Å²) in [4.78, 5) is 27.8. The second-order valence-electron chi connectivity index (χ2n) is 7.02. The van der Waals surface area contributed by atoms with Gasteiger partial charge in [-0.1, -0.05) is 48.6 Å². The van der Waals surface area contributed by atoms with Gasteiger partial charge in [0.05, 0.1) is 32.7 Å². The number of nitrogens with zero attached hydrogens (tertiary/aromatic N) is 3. The Labute approximate surface area is 169 Å². The fourth-order valence-electron chi connectivity index (χ4n) is 3.30. The molecule has 0 spiro atoms. The highest BCUT2D eigenvalue weighted by Gasteiger charge is 2.23. The molecular formula is C20H28N5O2S+. The molecule has 2 amide bonds. The molecule has 0 atom stereocenters. The fourth-order valence-corrected chi connectivity index (χ4v) is 3.99. The molecule has 0 aliphatic carbocycles. The van der Waals surface area contributed by atoms with E-state index in [-0.39, 0.29) is 24.7 Å². The Hall–Kier alpha value is -2.32. The molecule has 1 saturated heterocycles. The molecule has 1 aliphatic heterocycles. The molecule has 0 bridgehead atoms. The molecule has 2 aromatic rings. The SMILES string of the molecule is CCc1nnc(NC(=O)CCC(=O)N2CC[NH+](CCc3ccccc3)CC2)s1. The molecule has 2 heterocycles. The zero-order valence-corrected chi connectivity index (χ0v) is 17.1. The van der Waals surface area contributed by atoms with Crippen LogP contribution in [0.25, 0.3) is 0 Å². The number of piperazine rings is 1. The van der Waals surface area contributed by atoms with Gasteiger partial charge in [-0.25, -0.2) is 0 Å². The first kappa shape index (κ1) is 20.4. The number of carbonyl (C=O) groups is 2. The molecule has 1 aromatic heterocycles. The van der Waals surface area contributed by atoms with E-state index in [0.717, 1.165) is 50.6 Å². The maximum atomic E-state index is 12.4. The lowest BCUT2D eigenvalue weighted by atomic mass is 10.1. The summed E-state index contributed by atoms with van der Waals surface area (Å²) in [6.07, 6.45) is 2.28. The van der Waals surface area contributed by atoms with Crippen LogP contribution in [0.3, 0.4) is 0 Å². The average Bonchev–Trinajstić information content (AvgIpc) is 3.19. The van der Waals surface area contributed by atoms with Crippen molar-refractivity contribution in [3.63, 3.8) is 0 Å². The molecule has 8 heteroatoms. The molecule has 1 aromatic carbocycles. The van der Waals surface area contributed by atoms with Crippen molar-refractivity contribution < 1.29 is 14.5 Å². The normalized spacial score (nSPS) is 14.8. The number of benzene rings is 1. The van der Waals surface area contributed by atoms with Gasteiger partial charge in [0.2, 0.25) is 16.9 Å². The van der Waals surface area contributed by atoms with Crippen molar-refractivity contribution in [2.45, 2.75) is 32.6 Å². The number of hydrogen-bond acceptors (Lipinski definition) is 5. The number of hydrogen-bond donors (Lipinski definition) is 2. The van der Waals surface area contributed by atoms with Crippen molar-refractivity contribution in [2.24, 2.45) is 0 Å². The van der Waals surface area contributed by atoms with Gasteiger partial charge in [0, 0.05) is 19.3 Å². The van der Waals surface area contributed by atoms with Crippen LogP contribution in [0.5, 0.6) is 0 Å². The Morgan fingerprint density at radius 1 is 1.14 bits per heavy atom. The van der Waals surface area contributed by atoms with E-state index in [1.54, 1.807) is 0 Å². The highest BCUT2D eigenvalue weighted by atomic mass is 32.1. The zero-order valence-electron chi connectivity index (χ0n) is 16.3. The molecule has 0 radical (unpaired) electrons. The number of anilines is 1. The summed E-state index contributed by atoms with van der Waals surface area (Å²) in [5, 5.41) is 12.0. The van der Waals surface area contributed by atoms with Gasteiger partial charge >= 0.3 is 0 Å². The van der Waals surface area contributed by atoms with Crippen LogP contribution in [-0.2, 0) is 22.4 Å². The van der Waals surface area contributed by atoms with Gasteiger partial charge in [-0.15, -0.1) is 10.2 Å². The lowest BCUT2D eigenvalue weighted by molar-refractivity contribution is -0.903. The third-order valence-corrected chi connectivity index (χ3v) is 6.00. The number of nitrogens with one attached hydrogen (secondary N) is 2. The van der Waals surface area contributed by atoms with Gasteiger partial charge in [-0.2, -0.15) is 0 Å². The summed E-state index contributed by atoms with van der Waals surface area (Å²) >= 11 is 1.37. The van der Waals surface area contributed by atoms with Crippen LogP contribution in [-0.4, -0.2) is 59.6 Å². The van der Waals surface area contributed by atoms with Gasteiger partial charge in [0.25, 0.3) is 0 Å². The van der Waals surface area contributed by atoms with Crippen molar-refractivity contribution >= 4 is 28.3 Å². The lowest BCUT2D eigenvalue weighted by Gasteiger charge is -2.32. The standard InChI is InChI=1S/C20H27N5O2S/c1-2-18-22-23-20(28-18)21-17(26)8-9-19(27)25-14-12-24(13-15-25)11-10-16-6-4-3-5-7-16/h3-7H,2,8-15H2,1H3,(H,21,23,26)/p+1. The Morgan fingerprint density at radius 2 is 1.89 bits per heavy atom. The molecule has 1 aliphatic rings. The summed E-state index contributed by atoms with van der Waals surface area (Å²) in [5.74, 6) is -0.122. The van der Waals surface area contributed by atoms with Gasteiger partial charge < -0.3 is 15.1 Å². The van der Waals surface area contributed by atoms with Gasteiger partial charge in [0.15, 0.2) is 0 Å². The van der Waals surface area contributed by atoms with Crippen molar-refractivity contribution in [3.05, 3.63) is 40.9 Å². The number of aryl methyl sites for hydroxylation is 1. The smallest absolute Gasteiger partial charge is 0.226 e. The summed E-state index contributed by atoms with van der Waals surface area (Å²) in [6.45, 7) is 6.55. The Morgan fingerprint density at radius 3 is 2.57 bits per heavy atom. The van der Waals surface area contributed by atoms with E-state index in [9.17, 15) is 9.59 Å². The molecule has 7 nitrogen and oxygen atoms in total. The lowest BCUT2D eigenvalue weighted by Crippen LogP contribution is -3.15. The molecule has 28 heavy (non-hydrogen) atoms. The van der Waals surface area contributed by atoms with Crippen LogP contribution in [0.1, 0.15) is 30.3 Å². The van der Waals surface area contributed by atoms with Crippen LogP contribution in [0.15, 0.2) is 30.3 Å². The second-order valence-corrected chi connectivity index (χ2v) is 8.08. The minimum absolute atomic E-state index is 0.0590. The van der Waals surface area contributed by atoms with Gasteiger partial charge in [-0.3, -0.25) is 9.59 Å². The van der Waals surface area contributed by atoms with E-state index < -0.39 is 0 Å². The topological polar surface area (TPSA) is 79.6 Å². The van der Waals surface area contributed by atoms with Crippen molar-refractivity contribution in [1.82, 2.24) is 15.1 Å². The minimum atomic E-state index is -0.181. The van der Waals surface area contributed by atoms with E-state index in [4.69, 9.17) is 0 Å². The van der Waals surface area contributed by atoms with E-state index in [1.807, 2.05) is 17.9 Å². The number of carbonyl (C=O) groups excluding carboxylic acids is 2. The molecule has 0 saturated carbocycles. The largest absolute Gasteiger partial charge is 0.332 e. The van der Waals surface area contributed by atoms with Crippen molar-refractivity contribution in [2.75, 3.05) is 38.0 Å². The summed E-state index contributed by atoms with van der Waals surface area (Å²) in [5.41, 5.74) is 1.36. The van der Waals surface area contributed by atoms with E-state index in [0.29, 0.717) is 5.13 Å². The van der Waals surface area contributed by atoms with Crippen LogP contribution < -0.4 is 10.2 Å². The predicted octanol–water partition coefficient (Wildman–Crippen LogP) is 0.789. The second kappa shape index (κ2) is 10.3. The molecule has 3 rings (SSSR count). The number of amides is 2. The highest BCUT2D eigenvalue weighted by molar-refractivity contribution is 7.15. The Kier molecular flexibility index (Phi) is 7.50. The maximum Gasteiger partial charge on any atom is 0.226 e. The predicted molar refractivity (Wildman–Crippen MR) is 109 cm³/mol. The first-order valence-electron chi connectivity index (χ1n) is 9.91. The third-order valence-electron chi connectivity index (χ3n) is 5.01. The van der Waals surface area contributed by atoms with Gasteiger partial charge in [0.1, 0.15) is 5.01 Å². The Bertz CT molecular complexity index is 772. The van der Waals surface area contributed by atoms with Crippen LogP contribution in [0.2, 0.25) is 0 Å². The van der Waals surface area contributed by atoms with Crippen LogP contribution in [0.4, 0.5) is 5.13 Å². The highest BCUT2D eigenvalue weighted by Crippen LogP contribution is 2.15. The van der Waals surface area contributed by atoms with E-state index in [2.05, 4.69) is 39.8 Å². The van der Waals surface area contributed by atoms with Crippen molar-refractivity contribution in [3.8, 4) is 0 Å². The summed E-state index contributed by atoms with van der Waals surface area (Å²) in [7, 11) is 0. The maximum absolute atomic E-state index is 12.4. The van der Waals surface area contributed by atoms with Crippen LogP contribution in [0, 0.1) is 0 Å². The average molecular weight is 403 g/mol. The monoisotopic (exact) mass is 402 g/mol. The first-order chi connectivity index (χ1) is 13.6. The molecular weight excluding hydrogens is 374 g/mol. The first-order valence-corrected chi connectivity index (χ1v) is 10.7. The molecule has 1 fully saturated rings. The molecule has 2 N–H and O–H groups in total. The number of aromatic nitrogens is 2.